The molecule has 0 radical (unpaired) electrons. The Morgan fingerprint density at radius 1 is 0.714 bits per heavy atom. The van der Waals surface area contributed by atoms with Gasteiger partial charge in [-0.05, 0) is 61.5 Å². The first-order valence-corrected chi connectivity index (χ1v) is 14.4. The van der Waals surface area contributed by atoms with Crippen LogP contribution in [-0.2, 0) is 14.7 Å². The van der Waals surface area contributed by atoms with Crippen LogP contribution in [0.1, 0.15) is 58.5 Å². The van der Waals surface area contributed by atoms with Gasteiger partial charge in [-0.25, -0.2) is 15.0 Å². The van der Waals surface area contributed by atoms with E-state index in [2.05, 4.69) is 97.2 Å². The van der Waals surface area contributed by atoms with Crippen LogP contribution in [0.3, 0.4) is 0 Å². The van der Waals surface area contributed by atoms with E-state index in [0.717, 1.165) is 22.2 Å². The van der Waals surface area contributed by atoms with Gasteiger partial charge >= 0.3 is 7.12 Å². The highest BCUT2D eigenvalue weighted by molar-refractivity contribution is 6.62. The van der Waals surface area contributed by atoms with E-state index in [1.165, 1.54) is 22.3 Å². The van der Waals surface area contributed by atoms with Crippen molar-refractivity contribution >= 4 is 18.2 Å². The lowest BCUT2D eigenvalue weighted by molar-refractivity contribution is 0.00578. The third kappa shape index (κ3) is 4.55. The van der Waals surface area contributed by atoms with Crippen LogP contribution in [-0.4, -0.2) is 33.3 Å². The van der Waals surface area contributed by atoms with Gasteiger partial charge in [-0.1, -0.05) is 106 Å². The molecule has 4 aromatic rings. The normalized spacial score (nSPS) is 18.0. The Bertz CT molecular complexity index is 1740. The summed E-state index contributed by atoms with van der Waals surface area (Å²) in [5.41, 5.74) is 7.74. The lowest BCUT2D eigenvalue weighted by Gasteiger charge is -2.32. The highest BCUT2D eigenvalue weighted by Gasteiger charge is 2.51. The number of hydrogen-bond acceptors (Lipinski definition) is 5. The SMILES string of the molecule is C=C/C=C(\C=C)c1nc(-c2ccc(B3OC(C)(C)C(C)(C)O3)cc2)nc(-c2ccc3c(c2)C(C)(C)c2ccccc2-3)n1. The zero-order valence-corrected chi connectivity index (χ0v) is 25.2. The summed E-state index contributed by atoms with van der Waals surface area (Å²) in [5.74, 6) is 1.73. The van der Waals surface area contributed by atoms with Crippen molar-refractivity contribution in [3.8, 4) is 33.9 Å². The number of aromatic nitrogens is 3. The molecule has 0 saturated carbocycles. The van der Waals surface area contributed by atoms with Crippen LogP contribution in [0.2, 0.25) is 0 Å². The van der Waals surface area contributed by atoms with Gasteiger partial charge in [-0.3, -0.25) is 0 Å². The first-order chi connectivity index (χ1) is 19.9. The average molecular weight is 554 g/mol. The summed E-state index contributed by atoms with van der Waals surface area (Å²) in [6.07, 6.45) is 5.32. The molecule has 1 aliphatic heterocycles. The molecular formula is C36H36BN3O2. The van der Waals surface area contributed by atoms with Crippen LogP contribution < -0.4 is 5.46 Å². The third-order valence-corrected chi connectivity index (χ3v) is 8.95. The second-order valence-corrected chi connectivity index (χ2v) is 12.5. The number of benzene rings is 3. The number of rotatable bonds is 6. The minimum Gasteiger partial charge on any atom is -0.399 e. The predicted octanol–water partition coefficient (Wildman–Crippen LogP) is 7.57. The van der Waals surface area contributed by atoms with Gasteiger partial charge in [0.1, 0.15) is 0 Å². The minimum absolute atomic E-state index is 0.126. The van der Waals surface area contributed by atoms with E-state index in [4.69, 9.17) is 24.3 Å². The van der Waals surface area contributed by atoms with E-state index in [-0.39, 0.29) is 5.41 Å². The van der Waals surface area contributed by atoms with E-state index in [1.54, 1.807) is 12.2 Å². The van der Waals surface area contributed by atoms with Crippen molar-refractivity contribution in [2.45, 2.75) is 58.2 Å². The largest absolute Gasteiger partial charge is 0.494 e. The van der Waals surface area contributed by atoms with Crippen molar-refractivity contribution in [2.24, 2.45) is 0 Å². The van der Waals surface area contributed by atoms with Crippen LogP contribution in [0, 0.1) is 0 Å². The van der Waals surface area contributed by atoms with Crippen LogP contribution in [0.25, 0.3) is 39.5 Å². The first kappa shape index (κ1) is 28.0. The summed E-state index contributed by atoms with van der Waals surface area (Å²) in [6, 6.07) is 23.2. The zero-order valence-electron chi connectivity index (χ0n) is 25.2. The Kier molecular flexibility index (Phi) is 6.67. The molecule has 1 aromatic heterocycles. The molecule has 1 aliphatic carbocycles. The zero-order chi connectivity index (χ0) is 29.9. The number of allylic oxidation sites excluding steroid dienone is 4. The molecule has 6 rings (SSSR count). The molecule has 0 amide bonds. The summed E-state index contributed by atoms with van der Waals surface area (Å²) in [7, 11) is -0.435. The molecular weight excluding hydrogens is 517 g/mol. The maximum atomic E-state index is 6.25. The van der Waals surface area contributed by atoms with Crippen molar-refractivity contribution < 1.29 is 9.31 Å². The fraction of sp³-hybridized carbons (Fsp3) is 0.250. The van der Waals surface area contributed by atoms with E-state index in [0.29, 0.717) is 17.5 Å². The molecule has 5 nitrogen and oxygen atoms in total. The highest BCUT2D eigenvalue weighted by atomic mass is 16.7. The summed E-state index contributed by atoms with van der Waals surface area (Å²) >= 11 is 0. The maximum Gasteiger partial charge on any atom is 0.494 e. The lowest BCUT2D eigenvalue weighted by atomic mass is 9.79. The second kappa shape index (κ2) is 10.0. The van der Waals surface area contributed by atoms with Crippen molar-refractivity contribution in [3.05, 3.63) is 115 Å². The standard InChI is InChI=1S/C36H36BN3O2/c1-9-13-23(10-2)31-38-32(24-16-19-26(20-17-24)37-41-35(5,6)36(7,8)42-37)40-33(39-31)25-18-21-28-27-14-11-12-15-29(27)34(3,4)30(28)22-25/h9-22H,1-2H2,3-8H3/b23-13+. The van der Waals surface area contributed by atoms with E-state index >= 15 is 0 Å². The topological polar surface area (TPSA) is 57.1 Å². The maximum absolute atomic E-state index is 6.25. The number of hydrogen-bond donors (Lipinski definition) is 0. The van der Waals surface area contributed by atoms with Gasteiger partial charge in [-0.15, -0.1) is 0 Å². The van der Waals surface area contributed by atoms with Crippen molar-refractivity contribution in [3.63, 3.8) is 0 Å². The van der Waals surface area contributed by atoms with Crippen LogP contribution >= 0.6 is 0 Å². The Morgan fingerprint density at radius 2 is 1.31 bits per heavy atom. The molecule has 0 atom stereocenters. The van der Waals surface area contributed by atoms with Crippen LogP contribution in [0.4, 0.5) is 0 Å². The van der Waals surface area contributed by atoms with E-state index in [9.17, 15) is 0 Å². The summed E-state index contributed by atoms with van der Waals surface area (Å²) in [5, 5.41) is 0. The number of nitrogens with zero attached hydrogens (tertiary/aromatic N) is 3. The Balaban J connectivity index is 1.42. The molecule has 6 heteroatoms. The smallest absolute Gasteiger partial charge is 0.399 e. The predicted molar refractivity (Wildman–Crippen MR) is 172 cm³/mol. The lowest BCUT2D eigenvalue weighted by Crippen LogP contribution is -2.41. The van der Waals surface area contributed by atoms with Crippen molar-refractivity contribution in [2.75, 3.05) is 0 Å². The molecule has 0 unspecified atom stereocenters. The highest BCUT2D eigenvalue weighted by Crippen LogP contribution is 2.49. The van der Waals surface area contributed by atoms with Gasteiger partial charge in [0.05, 0.1) is 11.2 Å². The Morgan fingerprint density at radius 3 is 1.95 bits per heavy atom. The van der Waals surface area contributed by atoms with Gasteiger partial charge in [0.15, 0.2) is 17.5 Å². The van der Waals surface area contributed by atoms with Gasteiger partial charge < -0.3 is 9.31 Å². The van der Waals surface area contributed by atoms with Crippen molar-refractivity contribution in [1.82, 2.24) is 15.0 Å². The average Bonchev–Trinajstić information content (AvgIpc) is 3.35. The fourth-order valence-electron chi connectivity index (χ4n) is 5.74. The third-order valence-electron chi connectivity index (χ3n) is 8.95. The van der Waals surface area contributed by atoms with Gasteiger partial charge in [0, 0.05) is 22.1 Å². The molecule has 0 N–H and O–H groups in total. The molecule has 42 heavy (non-hydrogen) atoms. The van der Waals surface area contributed by atoms with Gasteiger partial charge in [0.25, 0.3) is 0 Å². The molecule has 0 bridgehead atoms. The molecule has 210 valence electrons. The molecule has 0 spiro atoms. The first-order valence-electron chi connectivity index (χ1n) is 14.4. The quantitative estimate of drug-likeness (QED) is 0.182. The monoisotopic (exact) mass is 553 g/mol. The Hall–Kier alpha value is -4.13. The molecule has 3 aromatic carbocycles. The minimum atomic E-state index is -0.435. The van der Waals surface area contributed by atoms with E-state index in [1.807, 2.05) is 30.3 Å². The number of fused-ring (bicyclic) bond motifs is 3. The summed E-state index contributed by atoms with van der Waals surface area (Å²) in [6.45, 7) is 20.6. The van der Waals surface area contributed by atoms with Crippen LogP contribution in [0.5, 0.6) is 0 Å². The molecule has 2 heterocycles. The van der Waals surface area contributed by atoms with Crippen molar-refractivity contribution in [1.29, 1.82) is 0 Å². The molecule has 1 fully saturated rings. The second-order valence-electron chi connectivity index (χ2n) is 12.5. The van der Waals surface area contributed by atoms with Gasteiger partial charge in [0.2, 0.25) is 0 Å². The Labute approximate surface area is 249 Å². The molecule has 2 aliphatic rings. The van der Waals surface area contributed by atoms with Gasteiger partial charge in [-0.2, -0.15) is 0 Å². The van der Waals surface area contributed by atoms with Crippen LogP contribution in [0.15, 0.2) is 98.1 Å². The van der Waals surface area contributed by atoms with E-state index < -0.39 is 18.3 Å². The summed E-state index contributed by atoms with van der Waals surface area (Å²) < 4.78 is 12.5. The summed E-state index contributed by atoms with van der Waals surface area (Å²) in [4.78, 5) is 14.7. The molecule has 1 saturated heterocycles. The fourth-order valence-corrected chi connectivity index (χ4v) is 5.74.